The fourth-order valence-corrected chi connectivity index (χ4v) is 3.80. The molecule has 6 heteroatoms. The predicted molar refractivity (Wildman–Crippen MR) is 94.4 cm³/mol. The van der Waals surface area contributed by atoms with Crippen molar-refractivity contribution in [3.05, 3.63) is 35.3 Å². The molecule has 0 unspecified atom stereocenters. The molecule has 0 aliphatic carbocycles. The van der Waals surface area contributed by atoms with Crippen LogP contribution in [0.15, 0.2) is 18.2 Å². The summed E-state index contributed by atoms with van der Waals surface area (Å²) < 4.78 is 13.3. The summed E-state index contributed by atoms with van der Waals surface area (Å²) in [5.41, 5.74) is 2.01. The minimum Gasteiger partial charge on any atom is -0.493 e. The Morgan fingerprint density at radius 1 is 1.32 bits per heavy atom. The summed E-state index contributed by atoms with van der Waals surface area (Å²) in [7, 11) is 1.63. The second kappa shape index (κ2) is 6.43. The van der Waals surface area contributed by atoms with Crippen molar-refractivity contribution in [2.45, 2.75) is 45.1 Å². The third-order valence-electron chi connectivity index (χ3n) is 4.97. The van der Waals surface area contributed by atoms with Crippen molar-refractivity contribution >= 4 is 11.7 Å². The molecule has 1 atom stereocenters. The van der Waals surface area contributed by atoms with Crippen LogP contribution in [0.1, 0.15) is 49.2 Å². The molecule has 2 aliphatic rings. The van der Waals surface area contributed by atoms with Gasteiger partial charge in [0.25, 0.3) is 0 Å². The van der Waals surface area contributed by atoms with Crippen molar-refractivity contribution in [1.82, 2.24) is 9.55 Å². The molecule has 1 amide bonds. The molecular formula is C19H23N3O3. The van der Waals surface area contributed by atoms with Crippen LogP contribution in [0.5, 0.6) is 11.5 Å². The van der Waals surface area contributed by atoms with Crippen LogP contribution in [0.2, 0.25) is 0 Å². The summed E-state index contributed by atoms with van der Waals surface area (Å²) in [6, 6.07) is 5.89. The minimum absolute atomic E-state index is 0.0413. The number of carbonyl (C=O) groups excluding carboxylic acids is 1. The summed E-state index contributed by atoms with van der Waals surface area (Å²) in [5, 5.41) is 3.04. The highest BCUT2D eigenvalue weighted by atomic mass is 16.5. The van der Waals surface area contributed by atoms with E-state index in [0.29, 0.717) is 24.5 Å². The lowest BCUT2D eigenvalue weighted by atomic mass is 9.89. The van der Waals surface area contributed by atoms with Crippen LogP contribution in [0.3, 0.4) is 0 Å². The zero-order valence-electron chi connectivity index (χ0n) is 14.7. The first kappa shape index (κ1) is 16.0. The van der Waals surface area contributed by atoms with Crippen molar-refractivity contribution < 1.29 is 14.3 Å². The van der Waals surface area contributed by atoms with Gasteiger partial charge in [0.05, 0.1) is 19.4 Å². The molecule has 1 N–H and O–H groups in total. The number of rotatable bonds is 4. The Bertz CT molecular complexity index is 812. The SMILES string of the molecule is CCOc1cc([C@H]2CC(=O)Nc3c2nc2n3CCCC2)ccc1OC. The van der Waals surface area contributed by atoms with Crippen LogP contribution in [0.25, 0.3) is 0 Å². The molecule has 0 fully saturated rings. The predicted octanol–water partition coefficient (Wildman–Crippen LogP) is 3.10. The van der Waals surface area contributed by atoms with Crippen molar-refractivity contribution in [3.63, 3.8) is 0 Å². The van der Waals surface area contributed by atoms with Gasteiger partial charge in [0, 0.05) is 25.3 Å². The van der Waals surface area contributed by atoms with Crippen molar-refractivity contribution in [3.8, 4) is 11.5 Å². The number of anilines is 1. The zero-order valence-corrected chi connectivity index (χ0v) is 14.7. The van der Waals surface area contributed by atoms with Gasteiger partial charge in [-0.05, 0) is 37.5 Å². The second-order valence-corrected chi connectivity index (χ2v) is 6.52. The van der Waals surface area contributed by atoms with Crippen LogP contribution in [0.4, 0.5) is 5.82 Å². The molecule has 2 aliphatic heterocycles. The molecule has 0 radical (unpaired) electrons. The molecule has 1 aromatic heterocycles. The Morgan fingerprint density at radius 3 is 3.00 bits per heavy atom. The maximum absolute atomic E-state index is 12.3. The number of nitrogens with one attached hydrogen (secondary N) is 1. The van der Waals surface area contributed by atoms with Gasteiger partial charge in [-0.15, -0.1) is 0 Å². The Kier molecular flexibility index (Phi) is 4.11. The molecule has 25 heavy (non-hydrogen) atoms. The molecule has 0 saturated carbocycles. The van der Waals surface area contributed by atoms with Crippen LogP contribution >= 0.6 is 0 Å². The molecule has 6 nitrogen and oxygen atoms in total. The van der Waals surface area contributed by atoms with E-state index >= 15 is 0 Å². The first-order valence-electron chi connectivity index (χ1n) is 8.91. The van der Waals surface area contributed by atoms with Gasteiger partial charge in [0.15, 0.2) is 11.5 Å². The zero-order chi connectivity index (χ0) is 17.4. The number of aryl methyl sites for hydroxylation is 1. The lowest BCUT2D eigenvalue weighted by Gasteiger charge is -2.24. The molecule has 0 bridgehead atoms. The van der Waals surface area contributed by atoms with E-state index in [4.69, 9.17) is 14.5 Å². The summed E-state index contributed by atoms with van der Waals surface area (Å²) in [6.45, 7) is 3.44. The van der Waals surface area contributed by atoms with Gasteiger partial charge in [-0.2, -0.15) is 0 Å². The first-order valence-corrected chi connectivity index (χ1v) is 8.91. The highest BCUT2D eigenvalue weighted by Gasteiger charge is 2.33. The van der Waals surface area contributed by atoms with E-state index in [-0.39, 0.29) is 11.8 Å². The molecule has 3 heterocycles. The number of amides is 1. The van der Waals surface area contributed by atoms with Gasteiger partial charge in [-0.1, -0.05) is 6.07 Å². The fraction of sp³-hybridized carbons (Fsp3) is 0.474. The average molecular weight is 341 g/mol. The number of nitrogens with zero attached hydrogens (tertiary/aromatic N) is 2. The van der Waals surface area contributed by atoms with Crippen LogP contribution < -0.4 is 14.8 Å². The topological polar surface area (TPSA) is 65.4 Å². The Morgan fingerprint density at radius 2 is 2.20 bits per heavy atom. The highest BCUT2D eigenvalue weighted by molar-refractivity contribution is 5.94. The lowest BCUT2D eigenvalue weighted by Crippen LogP contribution is -2.25. The Balaban J connectivity index is 1.78. The standard InChI is InChI=1S/C19H23N3O3/c1-3-25-15-10-12(7-8-14(15)24-2)13-11-17(23)21-19-18(13)20-16-6-4-5-9-22(16)19/h7-8,10,13H,3-6,9,11H2,1-2H3,(H,21,23)/t13-/m1/s1. The lowest BCUT2D eigenvalue weighted by molar-refractivity contribution is -0.116. The molecule has 1 aromatic carbocycles. The fourth-order valence-electron chi connectivity index (χ4n) is 3.80. The van der Waals surface area contributed by atoms with E-state index in [1.54, 1.807) is 7.11 Å². The number of carbonyl (C=O) groups is 1. The molecule has 2 aromatic rings. The van der Waals surface area contributed by atoms with Gasteiger partial charge < -0.3 is 19.4 Å². The number of methoxy groups -OCH3 is 1. The first-order chi connectivity index (χ1) is 12.2. The molecule has 132 valence electrons. The highest BCUT2D eigenvalue weighted by Crippen LogP contribution is 2.41. The average Bonchev–Trinajstić information content (AvgIpc) is 3.00. The third kappa shape index (κ3) is 2.75. The van der Waals surface area contributed by atoms with Gasteiger partial charge in [0.2, 0.25) is 5.91 Å². The number of benzene rings is 1. The van der Waals surface area contributed by atoms with E-state index in [1.807, 2.05) is 25.1 Å². The second-order valence-electron chi connectivity index (χ2n) is 6.52. The van der Waals surface area contributed by atoms with Crippen molar-refractivity contribution in [1.29, 1.82) is 0 Å². The maximum atomic E-state index is 12.3. The Labute approximate surface area is 147 Å². The van der Waals surface area contributed by atoms with E-state index in [0.717, 1.165) is 48.7 Å². The Hall–Kier alpha value is -2.50. The largest absolute Gasteiger partial charge is 0.493 e. The van der Waals surface area contributed by atoms with E-state index < -0.39 is 0 Å². The van der Waals surface area contributed by atoms with E-state index in [2.05, 4.69) is 9.88 Å². The normalized spacial score (nSPS) is 19.0. The monoisotopic (exact) mass is 341 g/mol. The minimum atomic E-state index is -0.0491. The third-order valence-corrected chi connectivity index (χ3v) is 4.97. The van der Waals surface area contributed by atoms with Gasteiger partial charge in [0.1, 0.15) is 11.6 Å². The van der Waals surface area contributed by atoms with E-state index in [9.17, 15) is 4.79 Å². The van der Waals surface area contributed by atoms with Gasteiger partial charge in [-0.3, -0.25) is 4.79 Å². The summed E-state index contributed by atoms with van der Waals surface area (Å²) in [6.07, 6.45) is 3.67. The summed E-state index contributed by atoms with van der Waals surface area (Å²) >= 11 is 0. The number of hydrogen-bond donors (Lipinski definition) is 1. The summed E-state index contributed by atoms with van der Waals surface area (Å²) in [4.78, 5) is 17.2. The van der Waals surface area contributed by atoms with Crippen molar-refractivity contribution in [2.24, 2.45) is 0 Å². The van der Waals surface area contributed by atoms with Crippen LogP contribution in [0, 0.1) is 0 Å². The van der Waals surface area contributed by atoms with Crippen molar-refractivity contribution in [2.75, 3.05) is 19.0 Å². The number of ether oxygens (including phenoxy) is 2. The summed E-state index contributed by atoms with van der Waals surface area (Å²) in [5.74, 6) is 3.37. The number of aromatic nitrogens is 2. The van der Waals surface area contributed by atoms with Gasteiger partial charge in [-0.25, -0.2) is 4.98 Å². The smallest absolute Gasteiger partial charge is 0.226 e. The maximum Gasteiger partial charge on any atom is 0.226 e. The van der Waals surface area contributed by atoms with Crippen LogP contribution in [-0.2, 0) is 17.8 Å². The number of imidazole rings is 1. The van der Waals surface area contributed by atoms with E-state index in [1.165, 1.54) is 0 Å². The van der Waals surface area contributed by atoms with Gasteiger partial charge >= 0.3 is 0 Å². The quantitative estimate of drug-likeness (QED) is 0.928. The van der Waals surface area contributed by atoms with Crippen LogP contribution in [-0.4, -0.2) is 29.2 Å². The molecular weight excluding hydrogens is 318 g/mol. The number of hydrogen-bond acceptors (Lipinski definition) is 4. The molecule has 0 saturated heterocycles. The molecule has 0 spiro atoms. The molecule has 4 rings (SSSR count). The number of fused-ring (bicyclic) bond motifs is 3.